The molecule has 15 heavy (non-hydrogen) atoms. The summed E-state index contributed by atoms with van der Waals surface area (Å²) in [6.07, 6.45) is 1.18. The highest BCUT2D eigenvalue weighted by Gasteiger charge is 2.22. The Kier molecular flexibility index (Phi) is 3.06. The van der Waals surface area contributed by atoms with Crippen LogP contribution in [0.4, 0.5) is 4.39 Å². The van der Waals surface area contributed by atoms with E-state index in [2.05, 4.69) is 18.3 Å². The summed E-state index contributed by atoms with van der Waals surface area (Å²) in [5.74, 6) is 1.03. The number of hydrogen-bond acceptors (Lipinski definition) is 1. The van der Waals surface area contributed by atoms with Crippen LogP contribution in [0.5, 0.6) is 0 Å². The van der Waals surface area contributed by atoms with Gasteiger partial charge in [-0.25, -0.2) is 4.39 Å². The van der Waals surface area contributed by atoms with Gasteiger partial charge in [0.15, 0.2) is 0 Å². The number of benzene rings is 1. The zero-order chi connectivity index (χ0) is 10.8. The summed E-state index contributed by atoms with van der Waals surface area (Å²) in [6.45, 7) is 6.13. The molecule has 0 amide bonds. The van der Waals surface area contributed by atoms with E-state index in [9.17, 15) is 4.39 Å². The Morgan fingerprint density at radius 3 is 2.87 bits per heavy atom. The summed E-state index contributed by atoms with van der Waals surface area (Å²) >= 11 is 0. The molecule has 2 atom stereocenters. The first kappa shape index (κ1) is 10.6. The summed E-state index contributed by atoms with van der Waals surface area (Å²) in [6, 6.07) is 5.64. The van der Waals surface area contributed by atoms with Gasteiger partial charge in [-0.3, -0.25) is 0 Å². The largest absolute Gasteiger partial charge is 0.316 e. The molecule has 0 spiro atoms. The number of hydrogen-bond donors (Lipinski definition) is 1. The van der Waals surface area contributed by atoms with E-state index in [1.54, 1.807) is 6.07 Å². The number of piperidine rings is 1. The number of nitrogens with one attached hydrogen (secondary N) is 1. The molecule has 0 bridgehead atoms. The summed E-state index contributed by atoms with van der Waals surface area (Å²) in [7, 11) is 0. The molecule has 2 unspecified atom stereocenters. The van der Waals surface area contributed by atoms with Crippen molar-refractivity contribution in [1.29, 1.82) is 0 Å². The second-order valence-electron chi connectivity index (χ2n) is 4.59. The molecule has 0 aromatic heterocycles. The van der Waals surface area contributed by atoms with Crippen LogP contribution < -0.4 is 5.32 Å². The molecule has 1 aromatic carbocycles. The van der Waals surface area contributed by atoms with Crippen LogP contribution in [-0.4, -0.2) is 13.1 Å². The van der Waals surface area contributed by atoms with E-state index in [4.69, 9.17) is 0 Å². The lowest BCUT2D eigenvalue weighted by Gasteiger charge is -2.30. The van der Waals surface area contributed by atoms with E-state index in [1.165, 1.54) is 6.42 Å². The molecule has 0 saturated carbocycles. The van der Waals surface area contributed by atoms with E-state index < -0.39 is 0 Å². The average molecular weight is 207 g/mol. The fraction of sp³-hybridized carbons (Fsp3) is 0.538. The van der Waals surface area contributed by atoms with Gasteiger partial charge in [0.2, 0.25) is 0 Å². The normalized spacial score (nSPS) is 26.6. The first-order valence-corrected chi connectivity index (χ1v) is 5.65. The first-order chi connectivity index (χ1) is 7.18. The minimum absolute atomic E-state index is 0.0785. The molecule has 0 radical (unpaired) electrons. The van der Waals surface area contributed by atoms with Crippen molar-refractivity contribution in [2.75, 3.05) is 13.1 Å². The van der Waals surface area contributed by atoms with Crippen LogP contribution in [0.25, 0.3) is 0 Å². The molecular formula is C13H18FN. The van der Waals surface area contributed by atoms with Crippen molar-refractivity contribution >= 4 is 0 Å². The maximum atomic E-state index is 13.4. The predicted molar refractivity (Wildman–Crippen MR) is 60.5 cm³/mol. The third-order valence-corrected chi connectivity index (χ3v) is 3.45. The second kappa shape index (κ2) is 4.31. The lowest BCUT2D eigenvalue weighted by molar-refractivity contribution is 0.347. The van der Waals surface area contributed by atoms with Gasteiger partial charge in [-0.1, -0.05) is 19.1 Å². The molecule has 1 heterocycles. The zero-order valence-corrected chi connectivity index (χ0v) is 9.39. The summed E-state index contributed by atoms with van der Waals surface area (Å²) < 4.78 is 13.4. The topological polar surface area (TPSA) is 12.0 Å². The lowest BCUT2D eigenvalue weighted by atomic mass is 9.82. The molecule has 1 fully saturated rings. The Hall–Kier alpha value is -0.890. The second-order valence-corrected chi connectivity index (χ2v) is 4.59. The molecule has 1 aliphatic heterocycles. The van der Waals surface area contributed by atoms with Crippen LogP contribution in [0, 0.1) is 18.7 Å². The van der Waals surface area contributed by atoms with Gasteiger partial charge in [-0.2, -0.15) is 0 Å². The van der Waals surface area contributed by atoms with Crippen LogP contribution in [0.2, 0.25) is 0 Å². The van der Waals surface area contributed by atoms with Crippen molar-refractivity contribution < 1.29 is 4.39 Å². The molecule has 0 aliphatic carbocycles. The molecule has 1 N–H and O–H groups in total. The maximum Gasteiger partial charge on any atom is 0.126 e. The van der Waals surface area contributed by atoms with E-state index in [0.717, 1.165) is 24.2 Å². The molecule has 82 valence electrons. The highest BCUT2D eigenvalue weighted by atomic mass is 19.1. The van der Waals surface area contributed by atoms with Crippen LogP contribution in [-0.2, 0) is 0 Å². The molecule has 2 rings (SSSR count). The van der Waals surface area contributed by atoms with Crippen molar-refractivity contribution in [2.45, 2.75) is 26.2 Å². The Balaban J connectivity index is 2.24. The Bertz CT molecular complexity index is 348. The minimum Gasteiger partial charge on any atom is -0.316 e. The summed E-state index contributed by atoms with van der Waals surface area (Å²) in [5, 5.41) is 3.38. The van der Waals surface area contributed by atoms with Crippen molar-refractivity contribution in [1.82, 2.24) is 5.32 Å². The highest BCUT2D eigenvalue weighted by molar-refractivity contribution is 5.27. The maximum absolute atomic E-state index is 13.4. The Labute approximate surface area is 90.7 Å². The van der Waals surface area contributed by atoms with Gasteiger partial charge in [0.05, 0.1) is 0 Å². The average Bonchev–Trinajstić information content (AvgIpc) is 2.23. The highest BCUT2D eigenvalue weighted by Crippen LogP contribution is 2.29. The lowest BCUT2D eigenvalue weighted by Crippen LogP contribution is -2.33. The van der Waals surface area contributed by atoms with Gasteiger partial charge in [0.1, 0.15) is 5.82 Å². The summed E-state index contributed by atoms with van der Waals surface area (Å²) in [4.78, 5) is 0. The van der Waals surface area contributed by atoms with Gasteiger partial charge in [-0.15, -0.1) is 0 Å². The fourth-order valence-electron chi connectivity index (χ4n) is 2.28. The van der Waals surface area contributed by atoms with Crippen molar-refractivity contribution in [2.24, 2.45) is 5.92 Å². The van der Waals surface area contributed by atoms with Gasteiger partial charge in [0, 0.05) is 6.54 Å². The number of rotatable bonds is 1. The van der Waals surface area contributed by atoms with Gasteiger partial charge in [0.25, 0.3) is 0 Å². The predicted octanol–water partition coefficient (Wildman–Crippen LogP) is 2.85. The van der Waals surface area contributed by atoms with Crippen LogP contribution >= 0.6 is 0 Å². The quantitative estimate of drug-likeness (QED) is 0.746. The standard InChI is InChI=1S/C13H18FN/c1-9-5-6-15-8-12(9)11-4-3-10(2)13(14)7-11/h3-4,7,9,12,15H,5-6,8H2,1-2H3. The number of aryl methyl sites for hydroxylation is 1. The molecule has 1 aromatic rings. The molecule has 1 nitrogen and oxygen atoms in total. The fourth-order valence-corrected chi connectivity index (χ4v) is 2.28. The first-order valence-electron chi connectivity index (χ1n) is 5.65. The zero-order valence-electron chi connectivity index (χ0n) is 9.39. The Morgan fingerprint density at radius 2 is 2.20 bits per heavy atom. The molecule has 1 aliphatic rings. The van der Waals surface area contributed by atoms with E-state index in [0.29, 0.717) is 11.8 Å². The Morgan fingerprint density at radius 1 is 1.40 bits per heavy atom. The van der Waals surface area contributed by atoms with E-state index >= 15 is 0 Å². The summed E-state index contributed by atoms with van der Waals surface area (Å²) in [5.41, 5.74) is 1.87. The van der Waals surface area contributed by atoms with Crippen LogP contribution in [0.15, 0.2) is 18.2 Å². The van der Waals surface area contributed by atoms with Gasteiger partial charge in [-0.05, 0) is 48.9 Å². The monoisotopic (exact) mass is 207 g/mol. The minimum atomic E-state index is -0.0785. The van der Waals surface area contributed by atoms with Crippen molar-refractivity contribution in [3.8, 4) is 0 Å². The SMILES string of the molecule is Cc1ccc(C2CNCCC2C)cc1F. The molecule has 2 heteroatoms. The van der Waals surface area contributed by atoms with Gasteiger partial charge < -0.3 is 5.32 Å². The molecular weight excluding hydrogens is 189 g/mol. The van der Waals surface area contributed by atoms with Gasteiger partial charge >= 0.3 is 0 Å². The van der Waals surface area contributed by atoms with Crippen LogP contribution in [0.1, 0.15) is 30.4 Å². The third kappa shape index (κ3) is 2.20. The smallest absolute Gasteiger partial charge is 0.126 e. The van der Waals surface area contributed by atoms with Crippen LogP contribution in [0.3, 0.4) is 0 Å². The number of halogens is 1. The van der Waals surface area contributed by atoms with E-state index in [-0.39, 0.29) is 5.82 Å². The van der Waals surface area contributed by atoms with Crippen molar-refractivity contribution in [3.05, 3.63) is 35.1 Å². The third-order valence-electron chi connectivity index (χ3n) is 3.45. The van der Waals surface area contributed by atoms with E-state index in [1.807, 2.05) is 13.0 Å². The molecule has 1 saturated heterocycles. The van der Waals surface area contributed by atoms with Crippen molar-refractivity contribution in [3.63, 3.8) is 0 Å².